The van der Waals surface area contributed by atoms with E-state index in [0.717, 1.165) is 5.92 Å². The molecule has 0 radical (unpaired) electrons. The van der Waals surface area contributed by atoms with Crippen molar-refractivity contribution in [2.24, 2.45) is 5.92 Å². The number of halogens is 1. The van der Waals surface area contributed by atoms with Crippen molar-refractivity contribution in [1.29, 1.82) is 0 Å². The maximum absolute atomic E-state index is 3.56. The minimum Gasteiger partial charge on any atom is -0.311 e. The predicted molar refractivity (Wildman–Crippen MR) is 64.0 cm³/mol. The van der Waals surface area contributed by atoms with Crippen LogP contribution in [0.1, 0.15) is 44.9 Å². The fraction of sp³-hybridized carbons (Fsp3) is 0.833. The van der Waals surface area contributed by atoms with Crippen LogP contribution in [0.4, 0.5) is 0 Å². The second-order valence-electron chi connectivity index (χ2n) is 4.49. The van der Waals surface area contributed by atoms with Crippen LogP contribution >= 0.6 is 12.4 Å². The van der Waals surface area contributed by atoms with Crippen LogP contribution in [0.25, 0.3) is 0 Å². The van der Waals surface area contributed by atoms with E-state index in [-0.39, 0.29) is 12.4 Å². The molecule has 0 bridgehead atoms. The molecule has 0 aromatic rings. The number of nitrogens with one attached hydrogen (secondary N) is 1. The summed E-state index contributed by atoms with van der Waals surface area (Å²) in [6, 6.07) is 0.689. The molecule has 1 unspecified atom stereocenters. The summed E-state index contributed by atoms with van der Waals surface area (Å²) in [5.41, 5.74) is 0. The Morgan fingerprint density at radius 2 is 1.57 bits per heavy atom. The summed E-state index contributed by atoms with van der Waals surface area (Å²) in [5, 5.41) is 3.56. The normalized spacial score (nSPS) is 29.3. The van der Waals surface area contributed by atoms with E-state index in [1.54, 1.807) is 0 Å². The molecule has 2 aliphatic rings. The lowest BCUT2D eigenvalue weighted by atomic mass is 10.0. The molecule has 82 valence electrons. The third-order valence-corrected chi connectivity index (χ3v) is 3.36. The number of allylic oxidation sites excluding steroid dienone is 1. The highest BCUT2D eigenvalue weighted by molar-refractivity contribution is 5.85. The van der Waals surface area contributed by atoms with E-state index in [0.29, 0.717) is 6.04 Å². The average molecular weight is 216 g/mol. The fourth-order valence-electron chi connectivity index (χ4n) is 2.48. The first kappa shape index (κ1) is 12.1. The molecule has 1 atom stereocenters. The molecule has 0 aromatic carbocycles. The predicted octanol–water partition coefficient (Wildman–Crippen LogP) is 3.30. The molecule has 0 spiro atoms. The van der Waals surface area contributed by atoms with Crippen LogP contribution in [-0.2, 0) is 0 Å². The molecule has 0 amide bonds. The van der Waals surface area contributed by atoms with Gasteiger partial charge in [0, 0.05) is 6.04 Å². The van der Waals surface area contributed by atoms with E-state index in [1.165, 1.54) is 51.5 Å². The highest BCUT2D eigenvalue weighted by atomic mass is 35.5. The van der Waals surface area contributed by atoms with Gasteiger partial charge in [0.1, 0.15) is 0 Å². The first-order valence-electron chi connectivity index (χ1n) is 5.87. The number of hydrogen-bond donors (Lipinski definition) is 1. The Morgan fingerprint density at radius 1 is 0.857 bits per heavy atom. The summed E-state index contributed by atoms with van der Waals surface area (Å²) in [6.07, 6.45) is 14.8. The van der Waals surface area contributed by atoms with Gasteiger partial charge in [0.15, 0.2) is 0 Å². The molecule has 1 aliphatic carbocycles. The molecule has 2 fully saturated rings. The van der Waals surface area contributed by atoms with Crippen molar-refractivity contribution in [2.75, 3.05) is 6.54 Å². The van der Waals surface area contributed by atoms with Crippen molar-refractivity contribution in [3.8, 4) is 0 Å². The van der Waals surface area contributed by atoms with Gasteiger partial charge in [-0.3, -0.25) is 0 Å². The smallest absolute Gasteiger partial charge is 0.0250 e. The average Bonchev–Trinajstić information content (AvgIpc) is 2.69. The minimum absolute atomic E-state index is 0. The third-order valence-electron chi connectivity index (χ3n) is 3.36. The van der Waals surface area contributed by atoms with Crippen LogP contribution < -0.4 is 5.32 Å². The zero-order valence-electron chi connectivity index (χ0n) is 8.87. The van der Waals surface area contributed by atoms with Crippen molar-refractivity contribution in [1.82, 2.24) is 5.32 Å². The van der Waals surface area contributed by atoms with E-state index in [2.05, 4.69) is 17.5 Å². The van der Waals surface area contributed by atoms with Gasteiger partial charge < -0.3 is 5.32 Å². The molecule has 14 heavy (non-hydrogen) atoms. The third kappa shape index (κ3) is 3.62. The highest BCUT2D eigenvalue weighted by Crippen LogP contribution is 2.26. The summed E-state index contributed by atoms with van der Waals surface area (Å²) >= 11 is 0. The summed E-state index contributed by atoms with van der Waals surface area (Å²) < 4.78 is 0. The molecule has 1 aliphatic heterocycles. The summed E-state index contributed by atoms with van der Waals surface area (Å²) in [5.74, 6) is 0.906. The zero-order valence-corrected chi connectivity index (χ0v) is 9.69. The van der Waals surface area contributed by atoms with Crippen molar-refractivity contribution in [3.05, 3.63) is 12.2 Å². The van der Waals surface area contributed by atoms with Crippen molar-refractivity contribution in [3.63, 3.8) is 0 Å². The lowest BCUT2D eigenvalue weighted by Crippen LogP contribution is -2.32. The molecule has 1 saturated carbocycles. The number of hydrogen-bond acceptors (Lipinski definition) is 1. The van der Waals surface area contributed by atoms with E-state index < -0.39 is 0 Å². The van der Waals surface area contributed by atoms with Crippen LogP contribution in [0.2, 0.25) is 0 Å². The Balaban J connectivity index is 0.000000980. The van der Waals surface area contributed by atoms with Gasteiger partial charge in [-0.15, -0.1) is 12.4 Å². The van der Waals surface area contributed by atoms with Crippen molar-refractivity contribution < 1.29 is 0 Å². The van der Waals surface area contributed by atoms with Gasteiger partial charge in [-0.2, -0.15) is 0 Å². The van der Waals surface area contributed by atoms with Gasteiger partial charge in [-0.25, -0.2) is 0 Å². The topological polar surface area (TPSA) is 12.0 Å². The number of rotatable bonds is 2. The Kier molecular flexibility index (Phi) is 5.57. The van der Waals surface area contributed by atoms with Crippen LogP contribution in [0, 0.1) is 5.92 Å². The van der Waals surface area contributed by atoms with Gasteiger partial charge in [-0.05, 0) is 38.1 Å². The van der Waals surface area contributed by atoms with Crippen LogP contribution in [0.15, 0.2) is 12.2 Å². The molecule has 1 N–H and O–H groups in total. The molecule has 2 heteroatoms. The van der Waals surface area contributed by atoms with Gasteiger partial charge in [0.2, 0.25) is 0 Å². The molecule has 1 saturated heterocycles. The van der Waals surface area contributed by atoms with E-state index in [9.17, 15) is 0 Å². The first-order chi connectivity index (χ1) is 6.45. The van der Waals surface area contributed by atoms with Crippen LogP contribution in [0.3, 0.4) is 0 Å². The lowest BCUT2D eigenvalue weighted by molar-refractivity contribution is 0.452. The van der Waals surface area contributed by atoms with Crippen LogP contribution in [0.5, 0.6) is 0 Å². The molecule has 1 heterocycles. The SMILES string of the molecule is C(=C\C1CCCCN1)/C1CCCC1.Cl. The molecular formula is C12H22ClN. The van der Waals surface area contributed by atoms with Crippen molar-refractivity contribution in [2.45, 2.75) is 51.0 Å². The van der Waals surface area contributed by atoms with Crippen LogP contribution in [-0.4, -0.2) is 12.6 Å². The molecular weight excluding hydrogens is 194 g/mol. The second-order valence-corrected chi connectivity index (χ2v) is 4.49. The lowest BCUT2D eigenvalue weighted by Gasteiger charge is -2.20. The molecule has 2 rings (SSSR count). The molecule has 0 aromatic heterocycles. The van der Waals surface area contributed by atoms with E-state index >= 15 is 0 Å². The Labute approximate surface area is 93.8 Å². The van der Waals surface area contributed by atoms with Gasteiger partial charge in [0.05, 0.1) is 0 Å². The Bertz CT molecular complexity index is 167. The van der Waals surface area contributed by atoms with Gasteiger partial charge in [-0.1, -0.05) is 31.4 Å². The van der Waals surface area contributed by atoms with E-state index in [1.807, 2.05) is 0 Å². The molecule has 1 nitrogen and oxygen atoms in total. The Morgan fingerprint density at radius 3 is 2.21 bits per heavy atom. The Hall–Kier alpha value is -0.0100. The minimum atomic E-state index is 0. The number of piperidine rings is 1. The first-order valence-corrected chi connectivity index (χ1v) is 5.87. The summed E-state index contributed by atoms with van der Waals surface area (Å²) in [6.45, 7) is 1.22. The van der Waals surface area contributed by atoms with E-state index in [4.69, 9.17) is 0 Å². The van der Waals surface area contributed by atoms with Crippen molar-refractivity contribution >= 4 is 12.4 Å². The fourth-order valence-corrected chi connectivity index (χ4v) is 2.48. The maximum atomic E-state index is 3.56. The van der Waals surface area contributed by atoms with Gasteiger partial charge in [0.25, 0.3) is 0 Å². The second kappa shape index (κ2) is 6.47. The standard InChI is InChI=1S/C12H21N.ClH/c1-2-6-11(5-1)8-9-12-7-3-4-10-13-12;/h8-9,11-13H,1-7,10H2;1H/b9-8+;. The quantitative estimate of drug-likeness (QED) is 0.698. The summed E-state index contributed by atoms with van der Waals surface area (Å²) in [4.78, 5) is 0. The van der Waals surface area contributed by atoms with Gasteiger partial charge >= 0.3 is 0 Å². The zero-order chi connectivity index (χ0) is 8.93. The largest absolute Gasteiger partial charge is 0.311 e. The highest BCUT2D eigenvalue weighted by Gasteiger charge is 2.13. The summed E-state index contributed by atoms with van der Waals surface area (Å²) in [7, 11) is 0. The monoisotopic (exact) mass is 215 g/mol. The maximum Gasteiger partial charge on any atom is 0.0250 e.